The zero-order valence-electron chi connectivity index (χ0n) is 12.7. The first-order valence-corrected chi connectivity index (χ1v) is 6.81. The number of aromatic nitrogens is 4. The highest BCUT2D eigenvalue weighted by molar-refractivity contribution is 5.75. The van der Waals surface area contributed by atoms with Gasteiger partial charge in [-0.15, -0.1) is 0 Å². The van der Waals surface area contributed by atoms with Gasteiger partial charge in [0.15, 0.2) is 0 Å². The molecule has 9 nitrogen and oxygen atoms in total. The highest BCUT2D eigenvalue weighted by Gasteiger charge is 2.15. The summed E-state index contributed by atoms with van der Waals surface area (Å²) < 4.78 is 3.16. The van der Waals surface area contributed by atoms with Crippen molar-refractivity contribution in [3.63, 3.8) is 0 Å². The lowest BCUT2D eigenvalue weighted by atomic mass is 10.2. The third-order valence-electron chi connectivity index (χ3n) is 3.50. The lowest BCUT2D eigenvalue weighted by Gasteiger charge is -2.05. The molecule has 0 aliphatic heterocycles. The van der Waals surface area contributed by atoms with Crippen molar-refractivity contribution in [1.82, 2.24) is 24.9 Å². The molecule has 2 aromatic rings. The number of amides is 1. The van der Waals surface area contributed by atoms with Crippen LogP contribution in [-0.2, 0) is 24.9 Å². The molecule has 118 valence electrons. The van der Waals surface area contributed by atoms with Crippen LogP contribution >= 0.6 is 0 Å². The van der Waals surface area contributed by atoms with Crippen LogP contribution in [0.5, 0.6) is 0 Å². The molecule has 0 atom stereocenters. The van der Waals surface area contributed by atoms with Gasteiger partial charge in [0.25, 0.3) is 0 Å². The van der Waals surface area contributed by atoms with Crippen molar-refractivity contribution in [2.75, 3.05) is 0 Å². The van der Waals surface area contributed by atoms with Gasteiger partial charge >= 0.3 is 5.69 Å². The maximum absolute atomic E-state index is 11.8. The average Bonchev–Trinajstić information content (AvgIpc) is 2.99. The van der Waals surface area contributed by atoms with Crippen molar-refractivity contribution in [2.45, 2.75) is 33.4 Å². The maximum Gasteiger partial charge on any atom is 0.309 e. The van der Waals surface area contributed by atoms with E-state index in [1.165, 1.54) is 10.9 Å². The minimum atomic E-state index is -0.482. The number of rotatable bonds is 6. The molecule has 0 saturated carbocycles. The smallest absolute Gasteiger partial charge is 0.309 e. The van der Waals surface area contributed by atoms with E-state index in [0.29, 0.717) is 18.8 Å². The van der Waals surface area contributed by atoms with Crippen molar-refractivity contribution in [3.8, 4) is 0 Å². The first-order valence-electron chi connectivity index (χ1n) is 6.81. The summed E-state index contributed by atoms with van der Waals surface area (Å²) in [5.41, 5.74) is 2.27. The summed E-state index contributed by atoms with van der Waals surface area (Å²) in [6.45, 7) is 4.21. The second-order valence-corrected chi connectivity index (χ2v) is 5.03. The molecule has 0 aromatic carbocycles. The first kappa shape index (κ1) is 15.7. The Bertz CT molecular complexity index is 703. The number of nitro groups is 1. The molecular weight excluding hydrogens is 288 g/mol. The van der Waals surface area contributed by atoms with Crippen LogP contribution in [0, 0.1) is 24.0 Å². The van der Waals surface area contributed by atoms with Gasteiger partial charge in [-0.25, -0.2) is 0 Å². The average molecular weight is 306 g/mol. The Morgan fingerprint density at radius 2 is 2.18 bits per heavy atom. The second-order valence-electron chi connectivity index (χ2n) is 5.03. The molecule has 0 unspecified atom stereocenters. The van der Waals surface area contributed by atoms with Gasteiger partial charge in [-0.1, -0.05) is 0 Å². The van der Waals surface area contributed by atoms with Gasteiger partial charge in [0.05, 0.1) is 11.1 Å². The van der Waals surface area contributed by atoms with E-state index < -0.39 is 4.92 Å². The summed E-state index contributed by atoms with van der Waals surface area (Å²) in [7, 11) is 1.84. The Balaban J connectivity index is 1.84. The first-order chi connectivity index (χ1) is 10.4. The molecule has 1 N–H and O–H groups in total. The summed E-state index contributed by atoms with van der Waals surface area (Å²) in [6.07, 6.45) is 3.27. The van der Waals surface area contributed by atoms with Crippen LogP contribution in [0.15, 0.2) is 12.4 Å². The largest absolute Gasteiger partial charge is 0.352 e. The van der Waals surface area contributed by atoms with E-state index in [0.717, 1.165) is 11.3 Å². The molecule has 0 aliphatic rings. The quantitative estimate of drug-likeness (QED) is 0.628. The van der Waals surface area contributed by atoms with Crippen LogP contribution in [0.3, 0.4) is 0 Å². The molecule has 22 heavy (non-hydrogen) atoms. The van der Waals surface area contributed by atoms with Crippen LogP contribution in [0.4, 0.5) is 5.69 Å². The van der Waals surface area contributed by atoms with E-state index in [1.54, 1.807) is 17.8 Å². The van der Waals surface area contributed by atoms with Crippen molar-refractivity contribution in [2.24, 2.45) is 7.05 Å². The number of carbonyl (C=O) groups excluding carboxylic acids is 1. The molecule has 2 heterocycles. The van der Waals surface area contributed by atoms with Gasteiger partial charge in [0.1, 0.15) is 11.9 Å². The number of aryl methyl sites for hydroxylation is 3. The molecule has 0 bridgehead atoms. The number of hydrogen-bond acceptors (Lipinski definition) is 5. The number of hydrogen-bond donors (Lipinski definition) is 1. The number of carbonyl (C=O) groups is 1. The highest BCUT2D eigenvalue weighted by atomic mass is 16.6. The Labute approximate surface area is 127 Å². The molecule has 9 heteroatoms. The Hall–Kier alpha value is -2.71. The van der Waals surface area contributed by atoms with Crippen LogP contribution < -0.4 is 5.32 Å². The summed E-state index contributed by atoms with van der Waals surface area (Å²) in [4.78, 5) is 22.1. The normalized spacial score (nSPS) is 10.7. The lowest BCUT2D eigenvalue weighted by molar-refractivity contribution is -0.385. The Morgan fingerprint density at radius 3 is 2.73 bits per heavy atom. The zero-order valence-corrected chi connectivity index (χ0v) is 12.7. The van der Waals surface area contributed by atoms with Crippen LogP contribution in [0.25, 0.3) is 0 Å². The van der Waals surface area contributed by atoms with E-state index in [9.17, 15) is 14.9 Å². The fraction of sp³-hybridized carbons (Fsp3) is 0.462. The van der Waals surface area contributed by atoms with Gasteiger partial charge in [-0.3, -0.25) is 24.3 Å². The number of nitrogens with one attached hydrogen (secondary N) is 1. The topological polar surface area (TPSA) is 108 Å². The van der Waals surface area contributed by atoms with Gasteiger partial charge in [0.2, 0.25) is 5.91 Å². The van der Waals surface area contributed by atoms with E-state index >= 15 is 0 Å². The number of nitrogens with zero attached hydrogens (tertiary/aromatic N) is 5. The highest BCUT2D eigenvalue weighted by Crippen LogP contribution is 2.15. The molecular formula is C13H18N6O3. The molecule has 1 amide bonds. The molecule has 2 aromatic heterocycles. The zero-order chi connectivity index (χ0) is 16.3. The molecule has 0 saturated heterocycles. The fourth-order valence-electron chi connectivity index (χ4n) is 2.02. The van der Waals surface area contributed by atoms with Crippen molar-refractivity contribution < 1.29 is 9.72 Å². The van der Waals surface area contributed by atoms with E-state index in [4.69, 9.17) is 0 Å². The third kappa shape index (κ3) is 3.48. The SMILES string of the molecule is Cc1nn(CCC(=O)NCc2cnn(C)c2C)cc1[N+](=O)[O-]. The van der Waals surface area contributed by atoms with Gasteiger partial charge in [-0.2, -0.15) is 10.2 Å². The minimum Gasteiger partial charge on any atom is -0.352 e. The monoisotopic (exact) mass is 306 g/mol. The maximum atomic E-state index is 11.8. The predicted octanol–water partition coefficient (Wildman–Crippen LogP) is 0.848. The Morgan fingerprint density at radius 1 is 1.45 bits per heavy atom. The molecule has 2 rings (SSSR count). The molecule has 0 spiro atoms. The van der Waals surface area contributed by atoms with Crippen LogP contribution in [0.1, 0.15) is 23.4 Å². The third-order valence-corrected chi connectivity index (χ3v) is 3.50. The van der Waals surface area contributed by atoms with E-state index in [-0.39, 0.29) is 18.0 Å². The van der Waals surface area contributed by atoms with Gasteiger partial charge in [-0.05, 0) is 13.8 Å². The van der Waals surface area contributed by atoms with Crippen molar-refractivity contribution >= 4 is 11.6 Å². The summed E-state index contributed by atoms with van der Waals surface area (Å²) in [5.74, 6) is -0.140. The molecule has 0 radical (unpaired) electrons. The fourth-order valence-corrected chi connectivity index (χ4v) is 2.02. The minimum absolute atomic E-state index is 0.0357. The van der Waals surface area contributed by atoms with Crippen LogP contribution in [0.2, 0.25) is 0 Å². The Kier molecular flexibility index (Phi) is 4.54. The van der Waals surface area contributed by atoms with Gasteiger partial charge in [0, 0.05) is 37.8 Å². The van der Waals surface area contributed by atoms with E-state index in [1.807, 2.05) is 14.0 Å². The van der Waals surface area contributed by atoms with Crippen LogP contribution in [-0.4, -0.2) is 30.4 Å². The molecule has 0 aliphatic carbocycles. The lowest BCUT2D eigenvalue weighted by Crippen LogP contribution is -2.24. The van der Waals surface area contributed by atoms with E-state index in [2.05, 4.69) is 15.5 Å². The second kappa shape index (κ2) is 6.37. The summed E-state index contributed by atoms with van der Waals surface area (Å²) in [6, 6.07) is 0. The van der Waals surface area contributed by atoms with Gasteiger partial charge < -0.3 is 5.32 Å². The summed E-state index contributed by atoms with van der Waals surface area (Å²) in [5, 5.41) is 21.7. The summed E-state index contributed by atoms with van der Waals surface area (Å²) >= 11 is 0. The predicted molar refractivity (Wildman–Crippen MR) is 78.0 cm³/mol. The van der Waals surface area contributed by atoms with Crippen molar-refractivity contribution in [3.05, 3.63) is 39.5 Å². The molecule has 0 fully saturated rings. The van der Waals surface area contributed by atoms with Crippen molar-refractivity contribution in [1.29, 1.82) is 0 Å². The standard InChI is InChI=1S/C13H18N6O3/c1-9-12(19(21)22)8-18(16-9)5-4-13(20)14-6-11-7-15-17(3)10(11)2/h7-8H,4-6H2,1-3H3,(H,14,20).